The molecule has 0 saturated carbocycles. The van der Waals surface area contributed by atoms with Crippen molar-refractivity contribution in [3.8, 4) is 0 Å². The monoisotopic (exact) mass is 674 g/mol. The van der Waals surface area contributed by atoms with Crippen molar-refractivity contribution < 1.29 is 51.0 Å². The van der Waals surface area contributed by atoms with Gasteiger partial charge in [-0.05, 0) is 12.1 Å². The van der Waals surface area contributed by atoms with Crippen LogP contribution in [-0.2, 0) is 38.3 Å². The van der Waals surface area contributed by atoms with E-state index in [0.717, 1.165) is 0 Å². The molecule has 0 bridgehead atoms. The molecule has 0 heterocycles. The predicted octanol–water partition coefficient (Wildman–Crippen LogP) is 2.33. The first-order chi connectivity index (χ1) is 16.0. The summed E-state index contributed by atoms with van der Waals surface area (Å²) in [6.45, 7) is 29.7. The van der Waals surface area contributed by atoms with Crippen LogP contribution in [0.2, 0.25) is 52.4 Å². The first kappa shape index (κ1) is 35.8. The average molecular weight is 677 g/mol. The minimum atomic E-state index is -2.00. The van der Waals surface area contributed by atoms with E-state index < -0.39 is 24.2 Å². The summed E-state index contributed by atoms with van der Waals surface area (Å²) in [5.74, 6) is 0. The predicted molar refractivity (Wildman–Crippen MR) is 169 cm³/mol. The van der Waals surface area contributed by atoms with E-state index in [9.17, 15) is 0 Å². The molecule has 0 nitrogen and oxygen atoms in total. The topological polar surface area (TPSA) is 0 Å². The first-order valence-corrected chi connectivity index (χ1v) is 23.8. The van der Waals surface area contributed by atoms with Gasteiger partial charge in [0.1, 0.15) is 0 Å². The molecule has 0 unspecified atom stereocenters. The maximum Gasteiger partial charge on any atom is 4.00 e. The van der Waals surface area contributed by atoms with E-state index in [2.05, 4.69) is 116 Å². The number of hydrogen-bond acceptors (Lipinski definition) is 0. The third kappa shape index (κ3) is 6.80. The van der Waals surface area contributed by atoms with Crippen LogP contribution in [0.3, 0.4) is 0 Å². The quantitative estimate of drug-likeness (QED) is 0.218. The van der Waals surface area contributed by atoms with E-state index in [1.165, 1.54) is 45.1 Å². The van der Waals surface area contributed by atoms with E-state index in [1.807, 2.05) is 0 Å². The van der Waals surface area contributed by atoms with Crippen molar-refractivity contribution in [2.45, 2.75) is 92.2 Å². The van der Waals surface area contributed by atoms with E-state index in [0.29, 0.717) is 0 Å². The van der Waals surface area contributed by atoms with Gasteiger partial charge in [0.05, 0.1) is 0 Å². The Labute approximate surface area is 267 Å². The summed E-state index contributed by atoms with van der Waals surface area (Å²) in [5.41, 5.74) is 9.07. The molecule has 4 aromatic carbocycles. The normalized spacial score (nSPS) is 12.3. The SMILES string of the molecule is Cc1[cH-]c2c(C)ccc(C[Si](C)(C)C)c2c1[Si](C)(C)c1c(C)[cH-]c2c(C)ccc(C[Si](C)(C)C)c12.[Cl-].[Cl-].[Zr+4]. The summed E-state index contributed by atoms with van der Waals surface area (Å²) in [5, 5.41) is 9.60. The van der Waals surface area contributed by atoms with Crippen LogP contribution < -0.4 is 35.2 Å². The average Bonchev–Trinajstić information content (AvgIpc) is 3.23. The molecule has 0 aromatic heterocycles. The van der Waals surface area contributed by atoms with Gasteiger partial charge in [-0.3, -0.25) is 0 Å². The van der Waals surface area contributed by atoms with Gasteiger partial charge in [0.15, 0.2) is 0 Å². The van der Waals surface area contributed by atoms with Gasteiger partial charge in [0.2, 0.25) is 0 Å². The zero-order valence-electron chi connectivity index (χ0n) is 25.6. The summed E-state index contributed by atoms with van der Waals surface area (Å²) in [7, 11) is -4.50. The molecular formula is C32H46Cl2Si3Zr. The molecule has 204 valence electrons. The minimum Gasteiger partial charge on any atom is -1.00 e. The first-order valence-electron chi connectivity index (χ1n) is 13.4. The Morgan fingerprint density at radius 2 is 0.868 bits per heavy atom. The van der Waals surface area contributed by atoms with Gasteiger partial charge in [0, 0.05) is 24.2 Å². The summed E-state index contributed by atoms with van der Waals surface area (Å²) in [4.78, 5) is 0. The van der Waals surface area contributed by atoms with E-state index in [4.69, 9.17) is 0 Å². The third-order valence-corrected chi connectivity index (χ3v) is 14.5. The molecule has 0 aliphatic heterocycles. The van der Waals surface area contributed by atoms with Gasteiger partial charge >= 0.3 is 26.2 Å². The molecule has 38 heavy (non-hydrogen) atoms. The zero-order chi connectivity index (χ0) is 26.1. The Hall–Kier alpha value is -0.226. The Morgan fingerprint density at radius 1 is 0.553 bits per heavy atom. The van der Waals surface area contributed by atoms with Gasteiger partial charge in [-0.15, -0.1) is 68.1 Å². The molecule has 0 saturated heterocycles. The fourth-order valence-corrected chi connectivity index (χ4v) is 13.7. The molecule has 0 aliphatic carbocycles. The Morgan fingerprint density at radius 3 is 1.16 bits per heavy atom. The molecule has 4 aromatic rings. The van der Waals surface area contributed by atoms with E-state index >= 15 is 0 Å². The van der Waals surface area contributed by atoms with Crippen LogP contribution in [-0.4, -0.2) is 24.2 Å². The molecule has 0 N–H and O–H groups in total. The van der Waals surface area contributed by atoms with E-state index in [-0.39, 0.29) is 51.0 Å². The molecule has 0 amide bonds. The van der Waals surface area contributed by atoms with Gasteiger partial charge in [-0.25, -0.2) is 0 Å². The number of hydrogen-bond donors (Lipinski definition) is 0. The number of halogens is 2. The Balaban J connectivity index is 0.00000241. The van der Waals surface area contributed by atoms with Crippen molar-refractivity contribution in [3.05, 3.63) is 69.8 Å². The van der Waals surface area contributed by atoms with Crippen LogP contribution >= 0.6 is 0 Å². The summed E-state index contributed by atoms with van der Waals surface area (Å²) in [6.07, 6.45) is 0. The van der Waals surface area contributed by atoms with E-state index in [1.54, 1.807) is 32.3 Å². The van der Waals surface area contributed by atoms with Crippen molar-refractivity contribution in [3.63, 3.8) is 0 Å². The van der Waals surface area contributed by atoms with Crippen LogP contribution in [0.1, 0.15) is 33.4 Å². The van der Waals surface area contributed by atoms with Crippen LogP contribution in [0, 0.1) is 27.7 Å². The van der Waals surface area contributed by atoms with Crippen LogP contribution in [0.5, 0.6) is 0 Å². The second-order valence-corrected chi connectivity index (χ2v) is 29.4. The van der Waals surface area contributed by atoms with Gasteiger partial charge < -0.3 is 24.8 Å². The molecule has 4 rings (SSSR count). The molecular weight excluding hydrogens is 631 g/mol. The second kappa shape index (κ2) is 12.3. The number of benzene rings is 2. The smallest absolute Gasteiger partial charge is 1.00 e. The fourth-order valence-electron chi connectivity index (χ4n) is 6.65. The molecule has 0 radical (unpaired) electrons. The maximum absolute atomic E-state index is 2.64. The van der Waals surface area contributed by atoms with Crippen LogP contribution in [0.15, 0.2) is 36.4 Å². The fraction of sp³-hybridized carbons (Fsp3) is 0.438. The van der Waals surface area contributed by atoms with Crippen molar-refractivity contribution >= 4 is 56.1 Å². The zero-order valence-corrected chi connectivity index (χ0v) is 32.6. The molecule has 0 spiro atoms. The second-order valence-electron chi connectivity index (χ2n) is 14.2. The van der Waals surface area contributed by atoms with Gasteiger partial charge in [0.25, 0.3) is 0 Å². The maximum atomic E-state index is 2.64. The molecule has 0 fully saturated rings. The molecule has 0 aliphatic rings. The van der Waals surface area contributed by atoms with Crippen molar-refractivity contribution in [2.75, 3.05) is 0 Å². The van der Waals surface area contributed by atoms with Crippen molar-refractivity contribution in [2.24, 2.45) is 0 Å². The largest absolute Gasteiger partial charge is 4.00 e. The van der Waals surface area contributed by atoms with Gasteiger partial charge in [-0.2, -0.15) is 10.4 Å². The Bertz CT molecular complexity index is 1320. The van der Waals surface area contributed by atoms with Crippen molar-refractivity contribution in [1.82, 2.24) is 0 Å². The van der Waals surface area contributed by atoms with Crippen LogP contribution in [0.25, 0.3) is 21.5 Å². The summed E-state index contributed by atoms with van der Waals surface area (Å²) < 4.78 is 0. The summed E-state index contributed by atoms with van der Waals surface area (Å²) >= 11 is 0. The molecule has 0 atom stereocenters. The number of aryl methyl sites for hydroxylation is 4. The van der Waals surface area contributed by atoms with Crippen LogP contribution in [0.4, 0.5) is 0 Å². The molecule has 6 heteroatoms. The van der Waals surface area contributed by atoms with Crippen molar-refractivity contribution in [1.29, 1.82) is 0 Å². The standard InChI is InChI=1S/C32H46Si3.2ClH.Zr/c1-21-13-15-25(19-33(5,6)7)29-27(21)17-23(3)31(29)35(11,12)32-24(4)18-28-22(2)14-16-26(30(28)32)20-34(8,9)10;;;/h13-18H,19-20H2,1-12H3;2*1H;/q-2;;;+4/p-2. The number of rotatable bonds is 6. The number of fused-ring (bicyclic) bond motifs is 2. The third-order valence-electron chi connectivity index (χ3n) is 7.80. The van der Waals surface area contributed by atoms with Gasteiger partial charge in [-0.1, -0.05) is 103 Å². The summed E-state index contributed by atoms with van der Waals surface area (Å²) in [6, 6.07) is 17.2. The Kier molecular flexibility index (Phi) is 11.6. The minimum absolute atomic E-state index is 0.